The van der Waals surface area contributed by atoms with Crippen LogP contribution >= 0.6 is 0 Å². The molecule has 2 aliphatic rings. The van der Waals surface area contributed by atoms with Crippen LogP contribution < -0.4 is 11.5 Å². The molecule has 34 heavy (non-hydrogen) atoms. The average Bonchev–Trinajstić information content (AvgIpc) is 3.58. The van der Waals surface area contributed by atoms with Gasteiger partial charge in [0.15, 0.2) is 6.23 Å². The fourth-order valence-corrected chi connectivity index (χ4v) is 5.09. The van der Waals surface area contributed by atoms with Crippen molar-refractivity contribution in [2.24, 2.45) is 11.5 Å². The van der Waals surface area contributed by atoms with Crippen LogP contribution in [0.3, 0.4) is 0 Å². The molecule has 17 heteroatoms. The molecule has 0 aliphatic carbocycles. The SMILES string of the molecule is NC(=O)c1c[se]c([C@@H]2O[C@H](CO)[C@@H](O)[C@H]2O)n1.NC(=O)c1ncn([C@@H]2O[C@H](CO)[C@@H](O)[C@H]2O)n1. The zero-order valence-corrected chi connectivity index (χ0v) is 19.1. The fourth-order valence-electron chi connectivity index (χ4n) is 3.24. The van der Waals surface area contributed by atoms with E-state index in [1.165, 1.54) is 0 Å². The van der Waals surface area contributed by atoms with Crippen molar-refractivity contribution >= 4 is 26.3 Å². The van der Waals surface area contributed by atoms with Gasteiger partial charge in [-0.3, -0.25) is 4.79 Å². The summed E-state index contributed by atoms with van der Waals surface area (Å²) in [6.45, 7) is -0.822. The van der Waals surface area contributed by atoms with Crippen LogP contribution in [0.4, 0.5) is 0 Å². The molecule has 16 nitrogen and oxygen atoms in total. The van der Waals surface area contributed by atoms with E-state index in [-0.39, 0.29) is 32.6 Å². The number of aliphatic hydroxyl groups is 6. The van der Waals surface area contributed by atoms with Crippen LogP contribution in [0.15, 0.2) is 11.3 Å². The molecule has 2 saturated heterocycles. The second-order valence-corrected chi connectivity index (χ2v) is 9.20. The van der Waals surface area contributed by atoms with Gasteiger partial charge >= 0.3 is 102 Å². The summed E-state index contributed by atoms with van der Waals surface area (Å²) < 4.78 is 12.0. The van der Waals surface area contributed by atoms with Crippen molar-refractivity contribution in [3.63, 3.8) is 0 Å². The van der Waals surface area contributed by atoms with Crippen LogP contribution in [0.25, 0.3) is 0 Å². The maximum Gasteiger partial charge on any atom is 0.288 e. The second-order valence-electron chi connectivity index (χ2n) is 7.34. The molecule has 2 aromatic heterocycles. The minimum absolute atomic E-state index is 0.151. The third kappa shape index (κ3) is 5.33. The van der Waals surface area contributed by atoms with Gasteiger partial charge in [-0.1, -0.05) is 0 Å². The summed E-state index contributed by atoms with van der Waals surface area (Å²) >= 11 is -0.236. The van der Waals surface area contributed by atoms with Crippen LogP contribution in [-0.2, 0) is 9.47 Å². The van der Waals surface area contributed by atoms with Crippen molar-refractivity contribution in [3.8, 4) is 0 Å². The van der Waals surface area contributed by atoms with Gasteiger partial charge < -0.3 is 25.8 Å². The molecule has 2 aromatic rings. The Hall–Kier alpha value is -2.31. The van der Waals surface area contributed by atoms with E-state index in [1.54, 1.807) is 4.94 Å². The number of ether oxygens (including phenoxy) is 2. The molecule has 0 saturated carbocycles. The van der Waals surface area contributed by atoms with Crippen molar-refractivity contribution in [1.29, 1.82) is 0 Å². The number of rotatable bonds is 6. The van der Waals surface area contributed by atoms with E-state index in [9.17, 15) is 30.0 Å². The number of carbonyl (C=O) groups is 2. The Morgan fingerprint density at radius 3 is 2.06 bits per heavy atom. The molecular formula is C17H24N6O10Se. The van der Waals surface area contributed by atoms with Gasteiger partial charge in [0.25, 0.3) is 5.91 Å². The van der Waals surface area contributed by atoms with Crippen LogP contribution in [0.5, 0.6) is 0 Å². The smallest absolute Gasteiger partial charge is 0.288 e. The summed E-state index contributed by atoms with van der Waals surface area (Å²) in [4.78, 5) is 30.9. The summed E-state index contributed by atoms with van der Waals surface area (Å²) in [5, 5.41) is 60.0. The van der Waals surface area contributed by atoms with E-state index < -0.39 is 67.4 Å². The number of carbonyl (C=O) groups excluding carboxylic acids is 2. The van der Waals surface area contributed by atoms with Gasteiger partial charge in [0, 0.05) is 0 Å². The molecule has 8 atom stereocenters. The van der Waals surface area contributed by atoms with Crippen molar-refractivity contribution in [2.45, 2.75) is 49.0 Å². The van der Waals surface area contributed by atoms with Crippen molar-refractivity contribution in [3.05, 3.63) is 27.4 Å². The number of nitrogens with two attached hydrogens (primary N) is 2. The van der Waals surface area contributed by atoms with E-state index in [2.05, 4.69) is 15.1 Å². The Labute approximate surface area is 197 Å². The Morgan fingerprint density at radius 1 is 0.971 bits per heavy atom. The third-order valence-electron chi connectivity index (χ3n) is 5.07. The van der Waals surface area contributed by atoms with E-state index in [1.807, 2.05) is 0 Å². The van der Waals surface area contributed by atoms with E-state index in [4.69, 9.17) is 31.2 Å². The molecule has 0 bridgehead atoms. The first-order valence-electron chi connectivity index (χ1n) is 9.80. The van der Waals surface area contributed by atoms with Crippen LogP contribution in [0.1, 0.15) is 38.0 Å². The first-order chi connectivity index (χ1) is 16.1. The number of aliphatic hydroxyl groups excluding tert-OH is 6. The van der Waals surface area contributed by atoms with Gasteiger partial charge in [-0.15, -0.1) is 5.10 Å². The predicted octanol–water partition coefficient (Wildman–Crippen LogP) is -5.62. The zero-order valence-electron chi connectivity index (χ0n) is 17.4. The molecule has 4 rings (SSSR count). The predicted molar refractivity (Wildman–Crippen MR) is 108 cm³/mol. The Morgan fingerprint density at radius 2 is 1.59 bits per heavy atom. The number of hydrogen-bond acceptors (Lipinski definition) is 13. The minimum Gasteiger partial charge on any atom is -0.394 e. The number of hydrogen-bond donors (Lipinski definition) is 8. The molecule has 0 spiro atoms. The van der Waals surface area contributed by atoms with Crippen LogP contribution in [-0.4, -0.2) is 127 Å². The zero-order chi connectivity index (χ0) is 25.2. The molecular weight excluding hydrogens is 527 g/mol. The first-order valence-corrected chi connectivity index (χ1v) is 11.6. The first kappa shape index (κ1) is 26.3. The monoisotopic (exact) mass is 552 g/mol. The quantitative estimate of drug-likeness (QED) is 0.156. The van der Waals surface area contributed by atoms with Crippen LogP contribution in [0, 0.1) is 0 Å². The average molecular weight is 551 g/mol. The van der Waals surface area contributed by atoms with Crippen molar-refractivity contribution < 1.29 is 49.7 Å². The topological polar surface area (TPSA) is 270 Å². The maximum absolute atomic E-state index is 10.9. The van der Waals surface area contributed by atoms with E-state index in [0.717, 1.165) is 11.0 Å². The van der Waals surface area contributed by atoms with Crippen LogP contribution in [0.2, 0.25) is 0 Å². The molecule has 2 aliphatic heterocycles. The van der Waals surface area contributed by atoms with Gasteiger partial charge in [0.05, 0.1) is 6.61 Å². The number of aromatic nitrogens is 4. The molecule has 0 radical (unpaired) electrons. The fraction of sp³-hybridized carbons (Fsp3) is 0.588. The normalized spacial score (nSPS) is 32.9. The number of amides is 2. The van der Waals surface area contributed by atoms with E-state index >= 15 is 0 Å². The molecule has 0 aromatic carbocycles. The molecule has 188 valence electrons. The Bertz CT molecular complexity index is 925. The molecule has 2 fully saturated rings. The third-order valence-corrected chi connectivity index (χ3v) is 6.97. The largest absolute Gasteiger partial charge is 0.394 e. The Kier molecular flexibility index (Phi) is 8.47. The maximum atomic E-state index is 10.9. The van der Waals surface area contributed by atoms with Gasteiger partial charge in [0.1, 0.15) is 24.6 Å². The number of nitrogens with zero attached hydrogens (tertiary/aromatic N) is 4. The minimum atomic E-state index is -1.27. The summed E-state index contributed by atoms with van der Waals surface area (Å²) in [6.07, 6.45) is -7.17. The van der Waals surface area contributed by atoms with Gasteiger partial charge in [-0.05, 0) is 0 Å². The summed E-state index contributed by atoms with van der Waals surface area (Å²) in [5.41, 5.74) is 10.2. The standard InChI is InChI=1S/C9H12N2O5Se.C8H12N4O5/c10-8(15)3-2-17-9(11-3)7-6(14)5(13)4(1-12)16-7;9-6(16)7-10-2-12(11-7)8-5(15)4(14)3(1-13)17-8/h2,4-7,12-14H,1H2,(H2,10,15);2-5,8,13-15H,1H2,(H2,9,16)/t4-,5-,6-,7-;3-,4-,5-,8-/m11/s1. The summed E-state index contributed by atoms with van der Waals surface area (Å²) in [6, 6.07) is 0. The van der Waals surface area contributed by atoms with Gasteiger partial charge in [-0.2, -0.15) is 0 Å². The molecule has 0 unspecified atom stereocenters. The molecule has 10 N–H and O–H groups in total. The van der Waals surface area contributed by atoms with Crippen molar-refractivity contribution in [1.82, 2.24) is 19.7 Å². The summed E-state index contributed by atoms with van der Waals surface area (Å²) in [7, 11) is 0. The Balaban J connectivity index is 0.000000191. The van der Waals surface area contributed by atoms with Gasteiger partial charge in [-0.25, -0.2) is 9.67 Å². The molecule has 4 heterocycles. The molecule has 2 amide bonds. The van der Waals surface area contributed by atoms with E-state index in [0.29, 0.717) is 4.57 Å². The second kappa shape index (κ2) is 11.0. The number of primary amides is 2. The van der Waals surface area contributed by atoms with Gasteiger partial charge in [0.2, 0.25) is 5.82 Å². The summed E-state index contributed by atoms with van der Waals surface area (Å²) in [5.74, 6) is -1.66. The van der Waals surface area contributed by atoms with Crippen molar-refractivity contribution in [2.75, 3.05) is 13.2 Å².